The minimum Gasteiger partial charge on any atom is -0.389 e. The molecule has 0 spiro atoms. The summed E-state index contributed by atoms with van der Waals surface area (Å²) in [5.74, 6) is -0.148. The van der Waals surface area contributed by atoms with E-state index in [1.165, 1.54) is 0 Å². The minimum atomic E-state index is -0.882. The molecule has 0 aliphatic heterocycles. The zero-order chi connectivity index (χ0) is 15.0. The van der Waals surface area contributed by atoms with Gasteiger partial charge in [-0.2, -0.15) is 5.10 Å². The molecule has 0 aliphatic rings. The van der Waals surface area contributed by atoms with Gasteiger partial charge >= 0.3 is 0 Å². The summed E-state index contributed by atoms with van der Waals surface area (Å²) >= 11 is 0. The second-order valence-corrected chi connectivity index (χ2v) is 5.44. The Morgan fingerprint density at radius 1 is 1.30 bits per heavy atom. The first kappa shape index (κ1) is 16.7. The SMILES string of the molecule is CCCn1cc(NC(=O)CC(O)(CCC)CCC)cn1. The number of carbonyl (C=O) groups excluding carboxylic acids is 1. The van der Waals surface area contributed by atoms with Crippen LogP contribution in [0.4, 0.5) is 5.69 Å². The molecule has 1 amide bonds. The topological polar surface area (TPSA) is 67.2 Å². The molecule has 114 valence electrons. The Kier molecular flexibility index (Phi) is 6.71. The molecule has 1 heterocycles. The Labute approximate surface area is 121 Å². The average molecular weight is 281 g/mol. The minimum absolute atomic E-state index is 0.146. The predicted octanol–water partition coefficient (Wildman–Crippen LogP) is 2.95. The highest BCUT2D eigenvalue weighted by Crippen LogP contribution is 2.24. The van der Waals surface area contributed by atoms with Crippen LogP contribution in [-0.4, -0.2) is 26.4 Å². The number of anilines is 1. The highest BCUT2D eigenvalue weighted by Gasteiger charge is 2.28. The summed E-state index contributed by atoms with van der Waals surface area (Å²) in [6.45, 7) is 6.96. The fraction of sp³-hybridized carbons (Fsp3) is 0.733. The van der Waals surface area contributed by atoms with Gasteiger partial charge in [-0.3, -0.25) is 9.48 Å². The van der Waals surface area contributed by atoms with Crippen molar-refractivity contribution in [3.8, 4) is 0 Å². The van der Waals surface area contributed by atoms with Gasteiger partial charge < -0.3 is 10.4 Å². The van der Waals surface area contributed by atoms with Crippen LogP contribution >= 0.6 is 0 Å². The lowest BCUT2D eigenvalue weighted by atomic mass is 9.89. The molecule has 5 nitrogen and oxygen atoms in total. The van der Waals surface area contributed by atoms with Crippen molar-refractivity contribution in [2.45, 2.75) is 71.4 Å². The fourth-order valence-electron chi connectivity index (χ4n) is 2.52. The van der Waals surface area contributed by atoms with Crippen LogP contribution in [0.2, 0.25) is 0 Å². The lowest BCUT2D eigenvalue weighted by Gasteiger charge is -2.26. The number of hydrogen-bond acceptors (Lipinski definition) is 3. The monoisotopic (exact) mass is 281 g/mol. The largest absolute Gasteiger partial charge is 0.389 e. The Morgan fingerprint density at radius 3 is 2.50 bits per heavy atom. The van der Waals surface area contributed by atoms with Gasteiger partial charge in [-0.25, -0.2) is 0 Å². The van der Waals surface area contributed by atoms with Gasteiger partial charge in [0.25, 0.3) is 0 Å². The molecule has 0 aromatic carbocycles. The van der Waals surface area contributed by atoms with Gasteiger partial charge in [0, 0.05) is 12.7 Å². The molecular weight excluding hydrogens is 254 g/mol. The molecule has 0 unspecified atom stereocenters. The fourth-order valence-corrected chi connectivity index (χ4v) is 2.52. The van der Waals surface area contributed by atoms with Crippen molar-refractivity contribution in [1.82, 2.24) is 9.78 Å². The van der Waals surface area contributed by atoms with E-state index in [9.17, 15) is 9.90 Å². The second kappa shape index (κ2) is 8.04. The number of aliphatic hydroxyl groups is 1. The molecular formula is C15H27N3O2. The van der Waals surface area contributed by atoms with Crippen molar-refractivity contribution in [1.29, 1.82) is 0 Å². The van der Waals surface area contributed by atoms with E-state index in [2.05, 4.69) is 17.3 Å². The molecule has 0 saturated heterocycles. The van der Waals surface area contributed by atoms with E-state index in [-0.39, 0.29) is 12.3 Å². The molecule has 1 aromatic heterocycles. The molecule has 0 bridgehead atoms. The molecule has 20 heavy (non-hydrogen) atoms. The van der Waals surface area contributed by atoms with Crippen LogP contribution in [0.5, 0.6) is 0 Å². The number of aromatic nitrogens is 2. The molecule has 5 heteroatoms. The van der Waals surface area contributed by atoms with E-state index in [0.717, 1.165) is 25.8 Å². The first-order valence-corrected chi connectivity index (χ1v) is 7.57. The van der Waals surface area contributed by atoms with Gasteiger partial charge in [0.05, 0.1) is 23.9 Å². The Hall–Kier alpha value is -1.36. The lowest BCUT2D eigenvalue weighted by molar-refractivity contribution is -0.121. The van der Waals surface area contributed by atoms with Crippen LogP contribution in [0.3, 0.4) is 0 Å². The summed E-state index contributed by atoms with van der Waals surface area (Å²) in [6.07, 6.45) is 7.67. The molecule has 2 N–H and O–H groups in total. The van der Waals surface area contributed by atoms with E-state index in [0.29, 0.717) is 18.5 Å². The van der Waals surface area contributed by atoms with Crippen LogP contribution < -0.4 is 5.32 Å². The molecule has 0 radical (unpaired) electrons. The van der Waals surface area contributed by atoms with Crippen LogP contribution in [0.25, 0.3) is 0 Å². The van der Waals surface area contributed by atoms with Crippen molar-refractivity contribution in [3.63, 3.8) is 0 Å². The molecule has 1 rings (SSSR count). The predicted molar refractivity (Wildman–Crippen MR) is 80.5 cm³/mol. The first-order chi connectivity index (χ1) is 9.53. The molecule has 1 aromatic rings. The maximum Gasteiger partial charge on any atom is 0.227 e. The van der Waals surface area contributed by atoms with Crippen molar-refractivity contribution in [2.24, 2.45) is 0 Å². The van der Waals surface area contributed by atoms with Crippen molar-refractivity contribution >= 4 is 11.6 Å². The third-order valence-electron chi connectivity index (χ3n) is 3.29. The summed E-state index contributed by atoms with van der Waals surface area (Å²) in [5.41, 5.74) is -0.189. The smallest absolute Gasteiger partial charge is 0.227 e. The van der Waals surface area contributed by atoms with Crippen LogP contribution in [0.1, 0.15) is 59.3 Å². The number of amides is 1. The third kappa shape index (κ3) is 5.33. The number of nitrogens with one attached hydrogen (secondary N) is 1. The van der Waals surface area contributed by atoms with Gasteiger partial charge in [-0.15, -0.1) is 0 Å². The van der Waals surface area contributed by atoms with Gasteiger partial charge in [-0.1, -0.05) is 33.6 Å². The van der Waals surface area contributed by atoms with Crippen LogP contribution in [0, 0.1) is 0 Å². The molecule has 0 fully saturated rings. The number of nitrogens with zero attached hydrogens (tertiary/aromatic N) is 2. The summed E-state index contributed by atoms with van der Waals surface area (Å²) in [4.78, 5) is 12.0. The van der Waals surface area contributed by atoms with E-state index in [1.54, 1.807) is 10.9 Å². The van der Waals surface area contributed by atoms with Gasteiger partial charge in [0.1, 0.15) is 0 Å². The first-order valence-electron chi connectivity index (χ1n) is 7.57. The van der Waals surface area contributed by atoms with Crippen LogP contribution in [-0.2, 0) is 11.3 Å². The van der Waals surface area contributed by atoms with Gasteiger partial charge in [-0.05, 0) is 19.3 Å². The Balaban J connectivity index is 2.56. The zero-order valence-corrected chi connectivity index (χ0v) is 12.9. The van der Waals surface area contributed by atoms with E-state index < -0.39 is 5.60 Å². The normalized spacial score (nSPS) is 11.6. The second-order valence-electron chi connectivity index (χ2n) is 5.44. The average Bonchev–Trinajstić information content (AvgIpc) is 2.77. The molecule has 0 saturated carbocycles. The third-order valence-corrected chi connectivity index (χ3v) is 3.29. The number of hydrogen-bond donors (Lipinski definition) is 2. The zero-order valence-electron chi connectivity index (χ0n) is 12.9. The van der Waals surface area contributed by atoms with Gasteiger partial charge in [0.2, 0.25) is 5.91 Å². The molecule has 0 atom stereocenters. The standard InChI is InChI=1S/C15H27N3O2/c1-4-7-15(20,8-5-2)10-14(19)17-13-11-16-18(12-13)9-6-3/h11-12,20H,4-10H2,1-3H3,(H,17,19). The van der Waals surface area contributed by atoms with E-state index in [4.69, 9.17) is 0 Å². The van der Waals surface area contributed by atoms with Crippen molar-refractivity contribution in [3.05, 3.63) is 12.4 Å². The summed E-state index contributed by atoms with van der Waals surface area (Å²) < 4.78 is 1.81. The van der Waals surface area contributed by atoms with Gasteiger partial charge in [0.15, 0.2) is 0 Å². The number of rotatable bonds is 9. The Morgan fingerprint density at radius 2 is 1.95 bits per heavy atom. The summed E-state index contributed by atoms with van der Waals surface area (Å²) in [5, 5.41) is 17.4. The highest BCUT2D eigenvalue weighted by atomic mass is 16.3. The van der Waals surface area contributed by atoms with Crippen LogP contribution in [0.15, 0.2) is 12.4 Å². The van der Waals surface area contributed by atoms with E-state index in [1.807, 2.05) is 20.0 Å². The van der Waals surface area contributed by atoms with Crippen molar-refractivity contribution in [2.75, 3.05) is 5.32 Å². The number of aryl methyl sites for hydroxylation is 1. The summed E-state index contributed by atoms with van der Waals surface area (Å²) in [7, 11) is 0. The van der Waals surface area contributed by atoms with E-state index >= 15 is 0 Å². The maximum absolute atomic E-state index is 12.0. The Bertz CT molecular complexity index is 409. The lowest BCUT2D eigenvalue weighted by Crippen LogP contribution is -2.33. The summed E-state index contributed by atoms with van der Waals surface area (Å²) in [6, 6.07) is 0. The van der Waals surface area contributed by atoms with Crippen molar-refractivity contribution < 1.29 is 9.90 Å². The highest BCUT2D eigenvalue weighted by molar-refractivity contribution is 5.91. The maximum atomic E-state index is 12.0. The number of carbonyl (C=O) groups is 1. The molecule has 0 aliphatic carbocycles. The quantitative estimate of drug-likeness (QED) is 0.731.